The van der Waals surface area contributed by atoms with Gasteiger partial charge in [0.2, 0.25) is 0 Å². The number of esters is 1. The average molecular weight is 446 g/mol. The van der Waals surface area contributed by atoms with Crippen LogP contribution in [0.1, 0.15) is 32.7 Å². The summed E-state index contributed by atoms with van der Waals surface area (Å²) in [6.07, 6.45) is 0. The lowest BCUT2D eigenvalue weighted by Gasteiger charge is -2.17. The van der Waals surface area contributed by atoms with Gasteiger partial charge in [-0.25, -0.2) is 4.79 Å². The quantitative estimate of drug-likeness (QED) is 0.262. The van der Waals surface area contributed by atoms with Crippen LogP contribution in [0.15, 0.2) is 66.7 Å². The van der Waals surface area contributed by atoms with Crippen LogP contribution in [0.4, 0.5) is 5.00 Å². The molecule has 0 aliphatic heterocycles. The van der Waals surface area contributed by atoms with Crippen LogP contribution >= 0.6 is 27.3 Å². The number of halogens is 1. The Labute approximate surface area is 171 Å². The molecule has 1 heterocycles. The fourth-order valence-corrected chi connectivity index (χ4v) is 4.09. The number of carbonyl (C=O) groups is 1. The monoisotopic (exact) mass is 445 g/mol. The molecular formula is C21H20BrNO3S. The van der Waals surface area contributed by atoms with Crippen LogP contribution in [-0.4, -0.2) is 12.6 Å². The number of para-hydroxylation sites is 1. The third kappa shape index (κ3) is 5.34. The van der Waals surface area contributed by atoms with Crippen molar-refractivity contribution in [3.05, 3.63) is 82.7 Å². The first-order valence-corrected chi connectivity index (χ1v) is 10.3. The van der Waals surface area contributed by atoms with E-state index in [0.717, 1.165) is 21.9 Å². The zero-order chi connectivity index (χ0) is 19.1. The Hall–Kier alpha value is -2.31. The second kappa shape index (κ2) is 9.58. The van der Waals surface area contributed by atoms with E-state index >= 15 is 0 Å². The molecule has 3 aromatic rings. The summed E-state index contributed by atoms with van der Waals surface area (Å²) in [7, 11) is 0. The lowest BCUT2D eigenvalue weighted by molar-refractivity contribution is 0.0532. The van der Waals surface area contributed by atoms with Crippen molar-refractivity contribution in [3.63, 3.8) is 0 Å². The fraction of sp³-hybridized carbons (Fsp3) is 0.190. The molecule has 0 radical (unpaired) electrons. The van der Waals surface area contributed by atoms with Gasteiger partial charge in [0.05, 0.1) is 11.6 Å². The van der Waals surface area contributed by atoms with E-state index in [-0.39, 0.29) is 10.9 Å². The van der Waals surface area contributed by atoms with Gasteiger partial charge in [0.1, 0.15) is 22.2 Å². The van der Waals surface area contributed by atoms with E-state index in [2.05, 4.69) is 21.2 Å². The first kappa shape index (κ1) is 19.5. The standard InChI is InChI=1S/C21H20BrNO3S/c1-2-25-21(24)18-12-13-19(27-18)23-20(22)16-10-6-7-11-17(16)26-14-15-8-4-3-5-9-15/h3-13,20,23H,2,14H2,1H3. The van der Waals surface area contributed by atoms with E-state index in [0.29, 0.717) is 18.1 Å². The van der Waals surface area contributed by atoms with Crippen molar-refractivity contribution in [1.29, 1.82) is 0 Å². The van der Waals surface area contributed by atoms with Gasteiger partial charge < -0.3 is 14.8 Å². The molecule has 1 N–H and O–H groups in total. The molecule has 0 fully saturated rings. The number of hydrogen-bond acceptors (Lipinski definition) is 5. The molecular weight excluding hydrogens is 426 g/mol. The molecule has 0 saturated carbocycles. The Bertz CT molecular complexity index is 882. The van der Waals surface area contributed by atoms with Crippen molar-refractivity contribution in [2.45, 2.75) is 18.5 Å². The highest BCUT2D eigenvalue weighted by Gasteiger charge is 2.16. The van der Waals surface area contributed by atoms with E-state index in [1.165, 1.54) is 11.3 Å². The number of thiophene rings is 1. The van der Waals surface area contributed by atoms with Gasteiger partial charge in [0.15, 0.2) is 0 Å². The molecule has 1 atom stereocenters. The summed E-state index contributed by atoms with van der Waals surface area (Å²) in [4.78, 5) is 12.2. The maximum Gasteiger partial charge on any atom is 0.348 e. The van der Waals surface area contributed by atoms with Crippen molar-refractivity contribution in [3.8, 4) is 5.75 Å². The summed E-state index contributed by atoms with van der Waals surface area (Å²) >= 11 is 5.04. The molecule has 0 amide bonds. The number of ether oxygens (including phenoxy) is 2. The summed E-state index contributed by atoms with van der Waals surface area (Å²) in [5, 5.41) is 4.23. The van der Waals surface area contributed by atoms with Crippen LogP contribution in [0.2, 0.25) is 0 Å². The molecule has 4 nitrogen and oxygen atoms in total. The van der Waals surface area contributed by atoms with Crippen LogP contribution in [0, 0.1) is 0 Å². The Kier molecular flexibility index (Phi) is 6.90. The third-order valence-electron chi connectivity index (χ3n) is 3.78. The predicted molar refractivity (Wildman–Crippen MR) is 113 cm³/mol. The maximum absolute atomic E-state index is 11.8. The topological polar surface area (TPSA) is 47.6 Å². The summed E-state index contributed by atoms with van der Waals surface area (Å²) < 4.78 is 11.1. The van der Waals surface area contributed by atoms with Crippen LogP contribution in [-0.2, 0) is 11.3 Å². The Balaban J connectivity index is 1.68. The average Bonchev–Trinajstić information content (AvgIpc) is 3.16. The first-order valence-electron chi connectivity index (χ1n) is 8.60. The first-order chi connectivity index (χ1) is 13.2. The second-order valence-electron chi connectivity index (χ2n) is 5.70. The zero-order valence-electron chi connectivity index (χ0n) is 14.9. The van der Waals surface area contributed by atoms with Gasteiger partial charge >= 0.3 is 5.97 Å². The van der Waals surface area contributed by atoms with Gasteiger partial charge in [0, 0.05) is 5.56 Å². The molecule has 0 aliphatic carbocycles. The number of carbonyl (C=O) groups excluding carboxylic acids is 1. The molecule has 1 unspecified atom stereocenters. The number of rotatable bonds is 8. The minimum absolute atomic E-state index is 0.154. The van der Waals surface area contributed by atoms with Gasteiger partial charge in [-0.1, -0.05) is 64.5 Å². The molecule has 0 spiro atoms. The smallest absolute Gasteiger partial charge is 0.348 e. The Morgan fingerprint density at radius 1 is 1.07 bits per heavy atom. The normalized spacial score (nSPS) is 11.6. The van der Waals surface area contributed by atoms with E-state index < -0.39 is 0 Å². The Morgan fingerprint density at radius 3 is 2.59 bits per heavy atom. The van der Waals surface area contributed by atoms with Gasteiger partial charge in [-0.15, -0.1) is 11.3 Å². The van der Waals surface area contributed by atoms with E-state index in [9.17, 15) is 4.79 Å². The molecule has 2 aromatic carbocycles. The second-order valence-corrected chi connectivity index (χ2v) is 7.70. The maximum atomic E-state index is 11.8. The minimum atomic E-state index is -0.298. The predicted octanol–water partition coefficient (Wildman–Crippen LogP) is 6.01. The largest absolute Gasteiger partial charge is 0.489 e. The van der Waals surface area contributed by atoms with Crippen LogP contribution < -0.4 is 10.1 Å². The highest BCUT2D eigenvalue weighted by atomic mass is 79.9. The molecule has 0 saturated heterocycles. The fourth-order valence-electron chi connectivity index (χ4n) is 2.49. The van der Waals surface area contributed by atoms with Crippen LogP contribution in [0.5, 0.6) is 5.75 Å². The molecule has 6 heteroatoms. The molecule has 0 bridgehead atoms. The van der Waals surface area contributed by atoms with E-state index in [4.69, 9.17) is 9.47 Å². The minimum Gasteiger partial charge on any atom is -0.489 e. The number of anilines is 1. The molecule has 140 valence electrons. The zero-order valence-corrected chi connectivity index (χ0v) is 17.3. The van der Waals surface area contributed by atoms with Gasteiger partial charge in [-0.2, -0.15) is 0 Å². The number of nitrogens with one attached hydrogen (secondary N) is 1. The molecule has 27 heavy (non-hydrogen) atoms. The van der Waals surface area contributed by atoms with Crippen molar-refractivity contribution in [1.82, 2.24) is 0 Å². The number of benzene rings is 2. The van der Waals surface area contributed by atoms with Crippen molar-refractivity contribution in [2.75, 3.05) is 11.9 Å². The molecule has 3 rings (SSSR count). The molecule has 1 aromatic heterocycles. The molecule has 0 aliphatic rings. The van der Waals surface area contributed by atoms with Crippen molar-refractivity contribution < 1.29 is 14.3 Å². The summed E-state index contributed by atoms with van der Waals surface area (Å²) in [6, 6.07) is 21.6. The van der Waals surface area contributed by atoms with Crippen LogP contribution in [0.3, 0.4) is 0 Å². The highest BCUT2D eigenvalue weighted by Crippen LogP contribution is 2.34. The van der Waals surface area contributed by atoms with Gasteiger partial charge in [-0.3, -0.25) is 0 Å². The SMILES string of the molecule is CCOC(=O)c1ccc(NC(Br)c2ccccc2OCc2ccccc2)s1. The number of alkyl halides is 1. The number of hydrogen-bond donors (Lipinski definition) is 1. The van der Waals surface area contributed by atoms with Crippen molar-refractivity contribution >= 4 is 38.2 Å². The summed E-state index contributed by atoms with van der Waals surface area (Å²) in [5.41, 5.74) is 2.10. The third-order valence-corrected chi connectivity index (χ3v) is 5.50. The summed E-state index contributed by atoms with van der Waals surface area (Å²) in [6.45, 7) is 2.67. The van der Waals surface area contributed by atoms with E-state index in [1.54, 1.807) is 13.0 Å². The van der Waals surface area contributed by atoms with Crippen LogP contribution in [0.25, 0.3) is 0 Å². The van der Waals surface area contributed by atoms with E-state index in [1.807, 2.05) is 60.7 Å². The lowest BCUT2D eigenvalue weighted by Crippen LogP contribution is -2.06. The van der Waals surface area contributed by atoms with Crippen molar-refractivity contribution in [2.24, 2.45) is 0 Å². The Morgan fingerprint density at radius 2 is 1.81 bits per heavy atom. The lowest BCUT2D eigenvalue weighted by atomic mass is 10.2. The van der Waals surface area contributed by atoms with Gasteiger partial charge in [-0.05, 0) is 30.7 Å². The summed E-state index contributed by atoms with van der Waals surface area (Å²) in [5.74, 6) is 0.506. The van der Waals surface area contributed by atoms with Gasteiger partial charge in [0.25, 0.3) is 0 Å². The highest BCUT2D eigenvalue weighted by molar-refractivity contribution is 9.09.